The number of hydrogen-bond donors (Lipinski definition) is 2. The summed E-state index contributed by atoms with van der Waals surface area (Å²) in [5, 5.41) is 20.2. The molecule has 1 aromatic heterocycles. The molecule has 1 heterocycles. The van der Waals surface area contributed by atoms with E-state index >= 15 is 0 Å². The van der Waals surface area contributed by atoms with E-state index < -0.39 is 18.4 Å². The molecule has 0 aliphatic heterocycles. The van der Waals surface area contributed by atoms with Crippen LogP contribution in [0.2, 0.25) is 0 Å². The van der Waals surface area contributed by atoms with Crippen molar-refractivity contribution in [1.29, 1.82) is 0 Å². The van der Waals surface area contributed by atoms with E-state index in [0.29, 0.717) is 4.88 Å². The second kappa shape index (κ2) is 5.22. The van der Waals surface area contributed by atoms with Crippen LogP contribution in [0.15, 0.2) is 11.4 Å². The van der Waals surface area contributed by atoms with Crippen molar-refractivity contribution in [3.8, 4) is 0 Å². The molecular formula is C9H12O5S. The van der Waals surface area contributed by atoms with Crippen molar-refractivity contribution in [3.05, 3.63) is 21.9 Å². The van der Waals surface area contributed by atoms with Crippen LogP contribution in [0.25, 0.3) is 0 Å². The Morgan fingerprint density at radius 3 is 2.53 bits per heavy atom. The average Bonchev–Trinajstić information content (AvgIpc) is 2.67. The zero-order chi connectivity index (χ0) is 11.4. The summed E-state index contributed by atoms with van der Waals surface area (Å²) in [6, 6.07) is 1.44. The monoisotopic (exact) mass is 232 g/mol. The van der Waals surface area contributed by atoms with E-state index in [2.05, 4.69) is 0 Å². The average molecular weight is 232 g/mol. The van der Waals surface area contributed by atoms with E-state index in [1.807, 2.05) is 0 Å². The van der Waals surface area contributed by atoms with Crippen molar-refractivity contribution in [2.45, 2.75) is 12.4 Å². The number of thiophene rings is 1. The molecule has 6 heteroatoms. The Morgan fingerprint density at radius 1 is 1.47 bits per heavy atom. The van der Waals surface area contributed by atoms with Crippen LogP contribution in [-0.2, 0) is 9.47 Å². The van der Waals surface area contributed by atoms with Crippen LogP contribution in [0.3, 0.4) is 0 Å². The van der Waals surface area contributed by atoms with Gasteiger partial charge in [0.05, 0.1) is 10.4 Å². The van der Waals surface area contributed by atoms with Crippen molar-refractivity contribution in [2.24, 2.45) is 0 Å². The molecule has 0 spiro atoms. The molecule has 5 nitrogen and oxygen atoms in total. The zero-order valence-electron chi connectivity index (χ0n) is 8.34. The molecule has 0 aromatic carbocycles. The Hall–Kier alpha value is -0.950. The summed E-state index contributed by atoms with van der Waals surface area (Å²) >= 11 is 1.15. The molecule has 1 unspecified atom stereocenters. The lowest BCUT2D eigenvalue weighted by Crippen LogP contribution is -2.23. The Morgan fingerprint density at radius 2 is 2.07 bits per heavy atom. The van der Waals surface area contributed by atoms with E-state index in [-0.39, 0.29) is 5.56 Å². The largest absolute Gasteiger partial charge is 0.478 e. The van der Waals surface area contributed by atoms with E-state index in [4.69, 9.17) is 14.6 Å². The van der Waals surface area contributed by atoms with Gasteiger partial charge in [-0.3, -0.25) is 0 Å². The van der Waals surface area contributed by atoms with Gasteiger partial charge in [0.25, 0.3) is 0 Å². The Kier molecular flexibility index (Phi) is 4.22. The van der Waals surface area contributed by atoms with Gasteiger partial charge in [0.1, 0.15) is 6.10 Å². The summed E-state index contributed by atoms with van der Waals surface area (Å²) < 4.78 is 9.72. The predicted octanol–water partition coefficient (Wildman–Crippen LogP) is 1.10. The third-order valence-corrected chi connectivity index (χ3v) is 2.90. The summed E-state index contributed by atoms with van der Waals surface area (Å²) in [6.07, 6.45) is -1.95. The molecule has 1 aromatic rings. The molecular weight excluding hydrogens is 220 g/mol. The number of ether oxygens (including phenoxy) is 2. The molecule has 0 fully saturated rings. The molecule has 1 atom stereocenters. The number of aliphatic hydroxyl groups is 1. The molecule has 15 heavy (non-hydrogen) atoms. The fourth-order valence-corrected chi connectivity index (χ4v) is 2.09. The van der Waals surface area contributed by atoms with Crippen molar-refractivity contribution < 1.29 is 24.5 Å². The number of rotatable bonds is 5. The summed E-state index contributed by atoms with van der Waals surface area (Å²) in [5.41, 5.74) is 0.0756. The number of carboxylic acid groups (broad SMARTS) is 1. The van der Waals surface area contributed by atoms with Crippen LogP contribution < -0.4 is 0 Å². The maximum atomic E-state index is 10.8. The third-order valence-electron chi connectivity index (χ3n) is 1.92. The van der Waals surface area contributed by atoms with Gasteiger partial charge in [-0.2, -0.15) is 0 Å². The maximum absolute atomic E-state index is 10.8. The second-order valence-electron chi connectivity index (χ2n) is 2.79. The second-order valence-corrected chi connectivity index (χ2v) is 3.74. The van der Waals surface area contributed by atoms with Gasteiger partial charge in [0.2, 0.25) is 0 Å². The number of aliphatic hydroxyl groups excluding tert-OH is 1. The van der Waals surface area contributed by atoms with E-state index in [9.17, 15) is 9.90 Å². The standard InChI is InChI=1S/C9H12O5S/c1-13-9(14-2)6(10)7-5(8(11)12)3-4-15-7/h3-4,6,9-10H,1-2H3,(H,11,12). The highest BCUT2D eigenvalue weighted by Crippen LogP contribution is 2.28. The van der Waals surface area contributed by atoms with Gasteiger partial charge in [-0.25, -0.2) is 4.79 Å². The van der Waals surface area contributed by atoms with Crippen LogP contribution in [0.4, 0.5) is 0 Å². The summed E-state index contributed by atoms with van der Waals surface area (Å²) in [5.74, 6) is -1.07. The summed E-state index contributed by atoms with van der Waals surface area (Å²) in [7, 11) is 2.76. The number of methoxy groups -OCH3 is 2. The molecule has 0 bridgehead atoms. The van der Waals surface area contributed by atoms with Crippen molar-refractivity contribution in [3.63, 3.8) is 0 Å². The van der Waals surface area contributed by atoms with Gasteiger partial charge in [0.15, 0.2) is 6.29 Å². The fraction of sp³-hybridized carbons (Fsp3) is 0.444. The van der Waals surface area contributed by atoms with Gasteiger partial charge in [-0.1, -0.05) is 0 Å². The first-order valence-corrected chi connectivity index (χ1v) is 5.04. The first kappa shape index (κ1) is 12.1. The van der Waals surface area contributed by atoms with Crippen molar-refractivity contribution in [2.75, 3.05) is 14.2 Å². The molecule has 0 saturated carbocycles. The van der Waals surface area contributed by atoms with Crippen LogP contribution in [0.5, 0.6) is 0 Å². The smallest absolute Gasteiger partial charge is 0.336 e. The molecule has 0 saturated heterocycles. The molecule has 84 valence electrons. The normalized spacial score (nSPS) is 13.1. The molecule has 0 amide bonds. The van der Waals surface area contributed by atoms with Crippen LogP contribution in [0.1, 0.15) is 21.3 Å². The number of carboxylic acids is 1. The van der Waals surface area contributed by atoms with Gasteiger partial charge in [0, 0.05) is 14.2 Å². The fourth-order valence-electron chi connectivity index (χ4n) is 1.20. The van der Waals surface area contributed by atoms with E-state index in [0.717, 1.165) is 11.3 Å². The molecule has 0 radical (unpaired) electrons. The summed E-state index contributed by atoms with van der Waals surface area (Å²) in [6.45, 7) is 0. The van der Waals surface area contributed by atoms with Crippen molar-refractivity contribution in [1.82, 2.24) is 0 Å². The summed E-state index contributed by atoms with van der Waals surface area (Å²) in [4.78, 5) is 11.1. The molecule has 0 aliphatic carbocycles. The molecule has 0 aliphatic rings. The lowest BCUT2D eigenvalue weighted by Gasteiger charge is -2.19. The Bertz CT molecular complexity index is 331. The first-order chi connectivity index (χ1) is 7.11. The van der Waals surface area contributed by atoms with E-state index in [1.165, 1.54) is 20.3 Å². The van der Waals surface area contributed by atoms with Gasteiger partial charge < -0.3 is 19.7 Å². The first-order valence-electron chi connectivity index (χ1n) is 4.16. The lowest BCUT2D eigenvalue weighted by atomic mass is 10.2. The minimum atomic E-state index is -1.09. The highest BCUT2D eigenvalue weighted by atomic mass is 32.1. The highest BCUT2D eigenvalue weighted by Gasteiger charge is 2.26. The number of hydrogen-bond acceptors (Lipinski definition) is 5. The SMILES string of the molecule is COC(OC)C(O)c1sccc1C(=O)O. The highest BCUT2D eigenvalue weighted by molar-refractivity contribution is 7.10. The number of carbonyl (C=O) groups is 1. The van der Waals surface area contributed by atoms with Crippen LogP contribution in [0, 0.1) is 0 Å². The van der Waals surface area contributed by atoms with Gasteiger partial charge in [-0.05, 0) is 11.4 Å². The maximum Gasteiger partial charge on any atom is 0.336 e. The van der Waals surface area contributed by atoms with E-state index in [1.54, 1.807) is 5.38 Å². The minimum absolute atomic E-state index is 0.0756. The number of aromatic carboxylic acids is 1. The quantitative estimate of drug-likeness (QED) is 0.743. The third kappa shape index (κ3) is 2.54. The lowest BCUT2D eigenvalue weighted by molar-refractivity contribution is -0.165. The van der Waals surface area contributed by atoms with Crippen LogP contribution in [-0.4, -0.2) is 36.7 Å². The topological polar surface area (TPSA) is 76.0 Å². The molecule has 2 N–H and O–H groups in total. The predicted molar refractivity (Wildman–Crippen MR) is 54.0 cm³/mol. The Labute approximate surface area is 90.9 Å². The van der Waals surface area contributed by atoms with Gasteiger partial charge in [-0.15, -0.1) is 11.3 Å². The molecule has 1 rings (SSSR count). The van der Waals surface area contributed by atoms with Gasteiger partial charge >= 0.3 is 5.97 Å². The minimum Gasteiger partial charge on any atom is -0.478 e. The van der Waals surface area contributed by atoms with Crippen molar-refractivity contribution >= 4 is 17.3 Å². The Balaban J connectivity index is 2.94. The van der Waals surface area contributed by atoms with Crippen LogP contribution >= 0.6 is 11.3 Å². The zero-order valence-corrected chi connectivity index (χ0v) is 9.15.